The van der Waals surface area contributed by atoms with Gasteiger partial charge >= 0.3 is 0 Å². The molecule has 1 N–H and O–H groups in total. The van der Waals surface area contributed by atoms with Gasteiger partial charge in [0.25, 0.3) is 0 Å². The van der Waals surface area contributed by atoms with Crippen LogP contribution in [0.4, 0.5) is 0 Å². The number of amides is 2. The van der Waals surface area contributed by atoms with Gasteiger partial charge in [0.15, 0.2) is 0 Å². The number of nitrogens with zero attached hydrogens (tertiary/aromatic N) is 1. The molecule has 4 heteroatoms. The second kappa shape index (κ2) is 6.57. The molecule has 1 heterocycles. The van der Waals surface area contributed by atoms with Gasteiger partial charge in [-0.05, 0) is 25.2 Å². The first-order valence-electron chi connectivity index (χ1n) is 6.73. The minimum atomic E-state index is -0.356. The molecule has 0 bridgehead atoms. The molecule has 0 saturated carbocycles. The molecule has 0 aromatic heterocycles. The van der Waals surface area contributed by atoms with Gasteiger partial charge in [0, 0.05) is 6.54 Å². The molecule has 0 aliphatic carbocycles. The summed E-state index contributed by atoms with van der Waals surface area (Å²) in [5.41, 5.74) is 0. The SMILES string of the molecule is C=CCCN1C(=O)C(CC(C)C)NC(=O)C1CC. The summed E-state index contributed by atoms with van der Waals surface area (Å²) in [5, 5.41) is 2.85. The fourth-order valence-corrected chi connectivity index (χ4v) is 2.36. The van der Waals surface area contributed by atoms with Crippen LogP contribution in [-0.4, -0.2) is 35.3 Å². The molecule has 102 valence electrons. The van der Waals surface area contributed by atoms with Crippen LogP contribution in [-0.2, 0) is 9.59 Å². The fourth-order valence-electron chi connectivity index (χ4n) is 2.36. The third kappa shape index (κ3) is 3.34. The fraction of sp³-hybridized carbons (Fsp3) is 0.714. The van der Waals surface area contributed by atoms with Gasteiger partial charge in [-0.1, -0.05) is 26.8 Å². The predicted molar refractivity (Wildman–Crippen MR) is 72.0 cm³/mol. The van der Waals surface area contributed by atoms with E-state index >= 15 is 0 Å². The van der Waals surface area contributed by atoms with Gasteiger partial charge < -0.3 is 10.2 Å². The number of nitrogens with one attached hydrogen (secondary N) is 1. The van der Waals surface area contributed by atoms with Crippen LogP contribution in [0.1, 0.15) is 40.0 Å². The van der Waals surface area contributed by atoms with Crippen molar-refractivity contribution >= 4 is 11.8 Å². The van der Waals surface area contributed by atoms with E-state index in [1.807, 2.05) is 6.92 Å². The first-order valence-corrected chi connectivity index (χ1v) is 6.73. The molecule has 18 heavy (non-hydrogen) atoms. The second-order valence-corrected chi connectivity index (χ2v) is 5.22. The second-order valence-electron chi connectivity index (χ2n) is 5.22. The smallest absolute Gasteiger partial charge is 0.245 e. The Morgan fingerprint density at radius 2 is 2.11 bits per heavy atom. The van der Waals surface area contributed by atoms with Crippen LogP contribution < -0.4 is 5.32 Å². The quantitative estimate of drug-likeness (QED) is 0.732. The van der Waals surface area contributed by atoms with E-state index in [1.54, 1.807) is 11.0 Å². The van der Waals surface area contributed by atoms with Crippen molar-refractivity contribution in [2.45, 2.75) is 52.1 Å². The van der Waals surface area contributed by atoms with Crippen molar-refractivity contribution < 1.29 is 9.59 Å². The first kappa shape index (κ1) is 14.7. The molecule has 0 aromatic rings. The maximum absolute atomic E-state index is 12.4. The van der Waals surface area contributed by atoms with E-state index in [-0.39, 0.29) is 23.9 Å². The van der Waals surface area contributed by atoms with E-state index in [4.69, 9.17) is 0 Å². The maximum Gasteiger partial charge on any atom is 0.245 e. The van der Waals surface area contributed by atoms with Gasteiger partial charge in [0.05, 0.1) is 0 Å². The van der Waals surface area contributed by atoms with Gasteiger partial charge in [0.1, 0.15) is 12.1 Å². The highest BCUT2D eigenvalue weighted by atomic mass is 16.2. The van der Waals surface area contributed by atoms with Gasteiger partial charge in [-0.25, -0.2) is 0 Å². The zero-order chi connectivity index (χ0) is 13.7. The lowest BCUT2D eigenvalue weighted by Crippen LogP contribution is -2.63. The number of hydrogen-bond donors (Lipinski definition) is 1. The van der Waals surface area contributed by atoms with Crippen LogP contribution in [0.3, 0.4) is 0 Å². The molecule has 2 amide bonds. The Balaban J connectivity index is 2.82. The van der Waals surface area contributed by atoms with Crippen LogP contribution in [0.5, 0.6) is 0 Å². The molecular weight excluding hydrogens is 228 g/mol. The molecule has 1 rings (SSSR count). The van der Waals surface area contributed by atoms with Crippen molar-refractivity contribution in [2.24, 2.45) is 5.92 Å². The number of carbonyl (C=O) groups is 2. The topological polar surface area (TPSA) is 49.4 Å². The number of rotatable bonds is 6. The molecule has 0 spiro atoms. The Bertz CT molecular complexity index is 326. The Labute approximate surface area is 109 Å². The monoisotopic (exact) mass is 252 g/mol. The van der Waals surface area contributed by atoms with E-state index in [2.05, 4.69) is 25.7 Å². The van der Waals surface area contributed by atoms with Gasteiger partial charge in [-0.2, -0.15) is 0 Å². The normalized spacial score (nSPS) is 24.3. The predicted octanol–water partition coefficient (Wildman–Crippen LogP) is 1.71. The van der Waals surface area contributed by atoms with E-state index in [0.29, 0.717) is 25.3 Å². The zero-order valence-corrected chi connectivity index (χ0v) is 11.6. The maximum atomic E-state index is 12.4. The highest BCUT2D eigenvalue weighted by molar-refractivity contribution is 5.96. The summed E-state index contributed by atoms with van der Waals surface area (Å²) in [5.74, 6) is 0.419. The van der Waals surface area contributed by atoms with Crippen molar-refractivity contribution in [3.05, 3.63) is 12.7 Å². The van der Waals surface area contributed by atoms with Crippen molar-refractivity contribution in [3.8, 4) is 0 Å². The number of piperazine rings is 1. The van der Waals surface area contributed by atoms with E-state index in [9.17, 15) is 9.59 Å². The molecule has 1 aliphatic rings. The van der Waals surface area contributed by atoms with Crippen molar-refractivity contribution in [1.29, 1.82) is 0 Å². The summed E-state index contributed by atoms with van der Waals surface area (Å²) < 4.78 is 0. The molecule has 4 nitrogen and oxygen atoms in total. The van der Waals surface area contributed by atoms with Crippen LogP contribution in [0.25, 0.3) is 0 Å². The van der Waals surface area contributed by atoms with E-state index in [1.165, 1.54) is 0 Å². The third-order valence-corrected chi connectivity index (χ3v) is 3.24. The first-order chi connectivity index (χ1) is 8.51. The van der Waals surface area contributed by atoms with Crippen LogP contribution in [0.2, 0.25) is 0 Å². The van der Waals surface area contributed by atoms with Crippen LogP contribution in [0, 0.1) is 5.92 Å². The molecule has 0 aromatic carbocycles. The van der Waals surface area contributed by atoms with Crippen molar-refractivity contribution in [1.82, 2.24) is 10.2 Å². The highest BCUT2D eigenvalue weighted by Crippen LogP contribution is 2.17. The molecule has 1 fully saturated rings. The van der Waals surface area contributed by atoms with Crippen LogP contribution in [0.15, 0.2) is 12.7 Å². The average molecular weight is 252 g/mol. The Kier molecular flexibility index (Phi) is 5.38. The van der Waals surface area contributed by atoms with Crippen molar-refractivity contribution in [3.63, 3.8) is 0 Å². The van der Waals surface area contributed by atoms with E-state index < -0.39 is 0 Å². The lowest BCUT2D eigenvalue weighted by atomic mass is 9.97. The summed E-state index contributed by atoms with van der Waals surface area (Å²) in [4.78, 5) is 26.1. The largest absolute Gasteiger partial charge is 0.342 e. The third-order valence-electron chi connectivity index (χ3n) is 3.24. The van der Waals surface area contributed by atoms with Crippen LogP contribution >= 0.6 is 0 Å². The Morgan fingerprint density at radius 3 is 2.61 bits per heavy atom. The summed E-state index contributed by atoms with van der Waals surface area (Å²) in [6.45, 7) is 10.3. The summed E-state index contributed by atoms with van der Waals surface area (Å²) in [6.07, 6.45) is 3.86. The average Bonchev–Trinajstić information content (AvgIpc) is 2.30. The summed E-state index contributed by atoms with van der Waals surface area (Å²) in [7, 11) is 0. The van der Waals surface area contributed by atoms with E-state index in [0.717, 1.165) is 6.42 Å². The van der Waals surface area contributed by atoms with Gasteiger partial charge in [0.2, 0.25) is 11.8 Å². The van der Waals surface area contributed by atoms with Crippen molar-refractivity contribution in [2.75, 3.05) is 6.54 Å². The number of hydrogen-bond acceptors (Lipinski definition) is 2. The molecule has 2 unspecified atom stereocenters. The molecule has 0 radical (unpaired) electrons. The lowest BCUT2D eigenvalue weighted by Gasteiger charge is -2.39. The summed E-state index contributed by atoms with van der Waals surface area (Å²) >= 11 is 0. The Hall–Kier alpha value is -1.32. The molecule has 1 aliphatic heterocycles. The minimum Gasteiger partial charge on any atom is -0.342 e. The lowest BCUT2D eigenvalue weighted by molar-refractivity contribution is -0.149. The summed E-state index contributed by atoms with van der Waals surface area (Å²) in [6, 6.07) is -0.675. The van der Waals surface area contributed by atoms with Gasteiger partial charge in [-0.3, -0.25) is 9.59 Å². The molecule has 1 saturated heterocycles. The van der Waals surface area contributed by atoms with Gasteiger partial charge in [-0.15, -0.1) is 6.58 Å². The minimum absolute atomic E-state index is 0.0215. The highest BCUT2D eigenvalue weighted by Gasteiger charge is 2.38. The Morgan fingerprint density at radius 1 is 1.44 bits per heavy atom. The molecule has 2 atom stereocenters. The molecular formula is C14H24N2O2. The standard InChI is InChI=1S/C14H24N2O2/c1-5-7-8-16-12(6-2)13(17)15-11(14(16)18)9-10(3)4/h5,10-12H,1,6-9H2,2-4H3,(H,15,17). The zero-order valence-electron chi connectivity index (χ0n) is 11.6. The number of carbonyl (C=O) groups excluding carboxylic acids is 2.